The number of nitrogens with one attached hydrogen (secondary N) is 1. The fourth-order valence-corrected chi connectivity index (χ4v) is 4.38. The summed E-state index contributed by atoms with van der Waals surface area (Å²) in [5.41, 5.74) is 3.97. The lowest BCUT2D eigenvalue weighted by atomic mass is 10.0. The Balaban J connectivity index is 1.75. The zero-order chi connectivity index (χ0) is 19.0. The molecule has 0 spiro atoms. The van der Waals surface area contributed by atoms with Gasteiger partial charge in [-0.25, -0.2) is 13.4 Å². The molecule has 2 aromatic carbocycles. The van der Waals surface area contributed by atoms with E-state index in [-0.39, 0.29) is 11.7 Å². The van der Waals surface area contributed by atoms with E-state index in [0.717, 1.165) is 27.4 Å². The van der Waals surface area contributed by atoms with Crippen LogP contribution in [0, 0.1) is 6.92 Å². The van der Waals surface area contributed by atoms with Crippen LogP contribution >= 0.6 is 0 Å². The van der Waals surface area contributed by atoms with Crippen molar-refractivity contribution < 1.29 is 13.2 Å². The highest BCUT2D eigenvalue weighted by Gasteiger charge is 2.24. The van der Waals surface area contributed by atoms with Crippen LogP contribution in [0.2, 0.25) is 0 Å². The molecule has 0 unspecified atom stereocenters. The summed E-state index contributed by atoms with van der Waals surface area (Å²) in [4.78, 5) is 17.6. The Morgan fingerprint density at radius 2 is 1.85 bits per heavy atom. The van der Waals surface area contributed by atoms with Crippen LogP contribution < -0.4 is 5.32 Å². The van der Waals surface area contributed by atoms with E-state index in [1.54, 1.807) is 6.07 Å². The number of nitrogens with zero attached hydrogens (tertiary/aromatic N) is 1. The van der Waals surface area contributed by atoms with Gasteiger partial charge >= 0.3 is 0 Å². The Bertz CT molecular complexity index is 1170. The topological polar surface area (TPSA) is 76.1 Å². The van der Waals surface area contributed by atoms with Crippen LogP contribution in [0.3, 0.4) is 0 Å². The smallest absolute Gasteiger partial charge is 0.252 e. The fraction of sp³-hybridized carbons (Fsp3) is 0.143. The van der Waals surface area contributed by atoms with Gasteiger partial charge in [-0.3, -0.25) is 4.79 Å². The molecule has 0 bridgehead atoms. The molecule has 1 aromatic heterocycles. The molecule has 4 rings (SSSR count). The van der Waals surface area contributed by atoms with Gasteiger partial charge in [-0.1, -0.05) is 48.0 Å². The lowest BCUT2D eigenvalue weighted by Gasteiger charge is -2.13. The van der Waals surface area contributed by atoms with Crippen LogP contribution in [-0.2, 0) is 9.84 Å². The molecule has 1 amide bonds. The number of carbonyl (C=O) groups excluding carboxylic acids is 1. The quantitative estimate of drug-likeness (QED) is 0.759. The minimum Gasteiger partial charge on any atom is -0.345 e. The van der Waals surface area contributed by atoms with Gasteiger partial charge in [-0.2, -0.15) is 0 Å². The van der Waals surface area contributed by atoms with Crippen molar-refractivity contribution in [2.75, 3.05) is 5.75 Å². The number of pyridine rings is 1. The number of para-hydroxylation sites is 1. The van der Waals surface area contributed by atoms with E-state index in [1.807, 2.05) is 55.5 Å². The molecule has 0 aliphatic carbocycles. The van der Waals surface area contributed by atoms with E-state index in [2.05, 4.69) is 10.3 Å². The molecule has 1 aliphatic rings. The van der Waals surface area contributed by atoms with E-state index < -0.39 is 15.9 Å². The molecule has 27 heavy (non-hydrogen) atoms. The van der Waals surface area contributed by atoms with Crippen molar-refractivity contribution in [2.24, 2.45) is 0 Å². The maximum absolute atomic E-state index is 12.9. The van der Waals surface area contributed by atoms with Gasteiger partial charge in [0.15, 0.2) is 9.84 Å². The van der Waals surface area contributed by atoms with Crippen LogP contribution in [0.5, 0.6) is 0 Å². The molecular formula is C21H18N2O3S. The number of benzene rings is 2. The normalized spacial score (nSPS) is 17.9. The van der Waals surface area contributed by atoms with Gasteiger partial charge in [0.05, 0.1) is 28.6 Å². The number of carbonyl (C=O) groups is 1. The van der Waals surface area contributed by atoms with Gasteiger partial charge < -0.3 is 5.32 Å². The summed E-state index contributed by atoms with van der Waals surface area (Å²) in [5.74, 6) is -0.416. The largest absolute Gasteiger partial charge is 0.345 e. The molecule has 1 aliphatic heterocycles. The molecule has 0 radical (unpaired) electrons. The van der Waals surface area contributed by atoms with Crippen molar-refractivity contribution in [3.8, 4) is 11.3 Å². The van der Waals surface area contributed by atoms with E-state index in [9.17, 15) is 13.2 Å². The number of hydrogen-bond donors (Lipinski definition) is 1. The van der Waals surface area contributed by atoms with Crippen molar-refractivity contribution in [1.82, 2.24) is 10.3 Å². The average molecular weight is 378 g/mol. The molecule has 3 aromatic rings. The molecule has 1 N–H and O–H groups in total. The lowest BCUT2D eigenvalue weighted by molar-refractivity contribution is 0.0949. The number of sulfone groups is 1. The first-order chi connectivity index (χ1) is 12.9. The van der Waals surface area contributed by atoms with Crippen LogP contribution in [0.4, 0.5) is 0 Å². The first kappa shape index (κ1) is 17.4. The van der Waals surface area contributed by atoms with Gasteiger partial charge in [0.2, 0.25) is 0 Å². The molecule has 2 heterocycles. The SMILES string of the molecule is Cc1ccc(-c2cc(C(=O)N[C@H]3C=CS(=O)(=O)C3)c3ccccc3n2)cc1. The third kappa shape index (κ3) is 3.61. The number of hydrogen-bond acceptors (Lipinski definition) is 4. The Morgan fingerprint density at radius 1 is 1.11 bits per heavy atom. The van der Waals surface area contributed by atoms with Gasteiger partial charge in [0, 0.05) is 16.4 Å². The van der Waals surface area contributed by atoms with Crippen LogP contribution in [0.1, 0.15) is 15.9 Å². The summed E-state index contributed by atoms with van der Waals surface area (Å²) in [5, 5.41) is 4.68. The number of amides is 1. The highest BCUT2D eigenvalue weighted by molar-refractivity contribution is 7.94. The summed E-state index contributed by atoms with van der Waals surface area (Å²) in [6.45, 7) is 2.01. The lowest BCUT2D eigenvalue weighted by Crippen LogP contribution is -2.35. The van der Waals surface area contributed by atoms with E-state index in [0.29, 0.717) is 11.3 Å². The van der Waals surface area contributed by atoms with Crippen molar-refractivity contribution in [2.45, 2.75) is 13.0 Å². The number of fused-ring (bicyclic) bond motifs is 1. The fourth-order valence-electron chi connectivity index (χ4n) is 3.15. The van der Waals surface area contributed by atoms with E-state index >= 15 is 0 Å². The van der Waals surface area contributed by atoms with Gasteiger partial charge in [0.25, 0.3) is 5.91 Å². The van der Waals surface area contributed by atoms with Gasteiger partial charge in [-0.15, -0.1) is 0 Å². The molecule has 6 heteroatoms. The summed E-state index contributed by atoms with van der Waals surface area (Å²) in [6, 6.07) is 16.6. The Morgan fingerprint density at radius 3 is 2.56 bits per heavy atom. The van der Waals surface area contributed by atoms with Gasteiger partial charge in [-0.05, 0) is 25.1 Å². The second-order valence-corrected chi connectivity index (χ2v) is 8.61. The first-order valence-electron chi connectivity index (χ1n) is 8.60. The summed E-state index contributed by atoms with van der Waals surface area (Å²) in [7, 11) is -3.23. The predicted molar refractivity (Wildman–Crippen MR) is 106 cm³/mol. The van der Waals surface area contributed by atoms with Crippen molar-refractivity contribution in [1.29, 1.82) is 0 Å². The summed E-state index contributed by atoms with van der Waals surface area (Å²) in [6.07, 6.45) is 1.51. The number of aromatic nitrogens is 1. The highest BCUT2D eigenvalue weighted by atomic mass is 32.2. The third-order valence-electron chi connectivity index (χ3n) is 4.55. The van der Waals surface area contributed by atoms with Gasteiger partial charge in [0.1, 0.15) is 0 Å². The first-order valence-corrected chi connectivity index (χ1v) is 10.3. The zero-order valence-electron chi connectivity index (χ0n) is 14.7. The molecule has 0 saturated carbocycles. The second kappa shape index (κ2) is 6.63. The molecule has 136 valence electrons. The molecule has 5 nitrogen and oxygen atoms in total. The molecule has 0 saturated heterocycles. The van der Waals surface area contributed by atoms with E-state index in [1.165, 1.54) is 6.08 Å². The highest BCUT2D eigenvalue weighted by Crippen LogP contribution is 2.25. The third-order valence-corrected chi connectivity index (χ3v) is 5.95. The van der Waals surface area contributed by atoms with Crippen LogP contribution in [-0.4, -0.2) is 31.1 Å². The molecule has 0 fully saturated rings. The Labute approximate surface area is 157 Å². The summed E-state index contributed by atoms with van der Waals surface area (Å²) < 4.78 is 23.2. The summed E-state index contributed by atoms with van der Waals surface area (Å²) >= 11 is 0. The minimum absolute atomic E-state index is 0.105. The van der Waals surface area contributed by atoms with Crippen LogP contribution in [0.15, 0.2) is 66.1 Å². The Hall–Kier alpha value is -2.99. The average Bonchev–Trinajstić information content (AvgIpc) is 2.99. The standard InChI is InChI=1S/C21H18N2O3S/c1-14-6-8-15(9-7-14)20-12-18(17-4-2-3-5-19(17)23-20)21(24)22-16-10-11-27(25,26)13-16/h2-12,16H,13H2,1H3,(H,22,24)/t16-/m0/s1. The van der Waals surface area contributed by atoms with Crippen molar-refractivity contribution >= 4 is 26.6 Å². The number of aryl methyl sites for hydroxylation is 1. The second-order valence-electron chi connectivity index (χ2n) is 6.68. The minimum atomic E-state index is -3.23. The zero-order valence-corrected chi connectivity index (χ0v) is 15.5. The predicted octanol–water partition coefficient (Wildman–Crippen LogP) is 3.25. The molecule has 1 atom stereocenters. The monoisotopic (exact) mass is 378 g/mol. The van der Waals surface area contributed by atoms with Crippen molar-refractivity contribution in [3.05, 3.63) is 77.2 Å². The molecular weight excluding hydrogens is 360 g/mol. The maximum atomic E-state index is 12.9. The number of rotatable bonds is 3. The van der Waals surface area contributed by atoms with E-state index in [4.69, 9.17) is 0 Å². The Kier molecular flexibility index (Phi) is 4.28. The van der Waals surface area contributed by atoms with Crippen LogP contribution in [0.25, 0.3) is 22.2 Å². The maximum Gasteiger partial charge on any atom is 0.252 e. The van der Waals surface area contributed by atoms with Crippen molar-refractivity contribution in [3.63, 3.8) is 0 Å².